The summed E-state index contributed by atoms with van der Waals surface area (Å²) in [5, 5.41) is 8.75. The van der Waals surface area contributed by atoms with Gasteiger partial charge in [0.05, 0.1) is 0 Å². The van der Waals surface area contributed by atoms with Crippen molar-refractivity contribution in [1.82, 2.24) is 20.4 Å². The minimum absolute atomic E-state index is 0.226. The zero-order valence-corrected chi connectivity index (χ0v) is 18.9. The van der Waals surface area contributed by atoms with Crippen LogP contribution in [-0.2, 0) is 17.8 Å². The maximum absolute atomic E-state index is 12.6. The fraction of sp³-hybridized carbons (Fsp3) is 0.727. The van der Waals surface area contributed by atoms with Gasteiger partial charge in [0.15, 0.2) is 5.96 Å². The number of carbonyl (C=O) groups excluding carboxylic acids is 1. The molecule has 1 fully saturated rings. The van der Waals surface area contributed by atoms with Gasteiger partial charge in [-0.15, -0.1) is 11.3 Å². The summed E-state index contributed by atoms with van der Waals surface area (Å²) in [5.41, 5.74) is 1.32. The van der Waals surface area contributed by atoms with Gasteiger partial charge in [0.2, 0.25) is 5.91 Å². The molecule has 0 bridgehead atoms. The molecule has 0 aliphatic carbocycles. The van der Waals surface area contributed by atoms with Crippen LogP contribution in [0.1, 0.15) is 50.0 Å². The van der Waals surface area contributed by atoms with Crippen LogP contribution < -0.4 is 10.6 Å². The van der Waals surface area contributed by atoms with E-state index in [1.165, 1.54) is 36.4 Å². The summed E-state index contributed by atoms with van der Waals surface area (Å²) < 4.78 is 0. The van der Waals surface area contributed by atoms with Gasteiger partial charge in [0, 0.05) is 44.0 Å². The second kappa shape index (κ2) is 11.6. The number of nitrogens with one attached hydrogen (secondary N) is 2. The van der Waals surface area contributed by atoms with Crippen molar-refractivity contribution in [3.63, 3.8) is 0 Å². The number of hydrogen-bond acceptors (Lipinski definition) is 4. The highest BCUT2D eigenvalue weighted by molar-refractivity contribution is 7.10. The van der Waals surface area contributed by atoms with Gasteiger partial charge in [-0.2, -0.15) is 0 Å². The predicted molar refractivity (Wildman–Crippen MR) is 121 cm³/mol. The van der Waals surface area contributed by atoms with Crippen molar-refractivity contribution in [2.24, 2.45) is 10.9 Å². The zero-order valence-electron chi connectivity index (χ0n) is 18.1. The molecule has 29 heavy (non-hydrogen) atoms. The Hall–Kier alpha value is -1.60. The molecule has 6 nitrogen and oxygen atoms in total. The van der Waals surface area contributed by atoms with Crippen molar-refractivity contribution in [3.8, 4) is 0 Å². The van der Waals surface area contributed by atoms with E-state index in [0.29, 0.717) is 13.0 Å². The monoisotopic (exact) mass is 419 g/mol. The molecular formula is C22H37N5OS. The van der Waals surface area contributed by atoms with E-state index in [9.17, 15) is 4.79 Å². The number of guanidine groups is 1. The Bertz CT molecular complexity index is 666. The highest BCUT2D eigenvalue weighted by atomic mass is 32.1. The normalized spacial score (nSPS) is 18.6. The Kier molecular flexibility index (Phi) is 8.80. The molecule has 2 aliphatic heterocycles. The standard InChI is InChI=1S/C22H37N5OS/c1-3-23-22(24-10-4-12-26-13-6-18(2)7-14-26)25-11-5-21(28)27-15-8-20-19(17-27)9-16-29-20/h9,16,18H,3-8,10-15,17H2,1-2H3,(H2,23,24,25). The molecule has 0 atom stereocenters. The fourth-order valence-corrected chi connectivity index (χ4v) is 4.91. The average Bonchev–Trinajstić information content (AvgIpc) is 3.20. The predicted octanol–water partition coefficient (Wildman–Crippen LogP) is 2.70. The first-order chi connectivity index (χ1) is 14.2. The molecule has 1 saturated heterocycles. The van der Waals surface area contributed by atoms with Crippen molar-refractivity contribution >= 4 is 23.2 Å². The summed E-state index contributed by atoms with van der Waals surface area (Å²) >= 11 is 1.81. The highest BCUT2D eigenvalue weighted by Gasteiger charge is 2.21. The van der Waals surface area contributed by atoms with Gasteiger partial charge in [-0.25, -0.2) is 0 Å². The smallest absolute Gasteiger partial charge is 0.224 e. The van der Waals surface area contributed by atoms with Crippen LogP contribution in [0.4, 0.5) is 0 Å². The molecular weight excluding hydrogens is 382 g/mol. The number of fused-ring (bicyclic) bond motifs is 1. The number of thiophene rings is 1. The van der Waals surface area contributed by atoms with Crippen LogP contribution in [0.2, 0.25) is 0 Å². The molecule has 0 unspecified atom stereocenters. The van der Waals surface area contributed by atoms with Crippen molar-refractivity contribution in [2.45, 2.75) is 52.5 Å². The van der Waals surface area contributed by atoms with E-state index in [2.05, 4.69) is 45.8 Å². The van der Waals surface area contributed by atoms with E-state index in [4.69, 9.17) is 0 Å². The lowest BCUT2D eigenvalue weighted by atomic mass is 9.99. The van der Waals surface area contributed by atoms with Crippen LogP contribution in [0.25, 0.3) is 0 Å². The van der Waals surface area contributed by atoms with Crippen molar-refractivity contribution < 1.29 is 4.79 Å². The molecule has 3 rings (SSSR count). The first-order valence-electron chi connectivity index (χ1n) is 11.2. The lowest BCUT2D eigenvalue weighted by molar-refractivity contribution is -0.131. The van der Waals surface area contributed by atoms with E-state index < -0.39 is 0 Å². The summed E-state index contributed by atoms with van der Waals surface area (Å²) in [6.07, 6.45) is 5.24. The Morgan fingerprint density at radius 2 is 2.10 bits per heavy atom. The van der Waals surface area contributed by atoms with E-state index in [-0.39, 0.29) is 5.91 Å². The van der Waals surface area contributed by atoms with Crippen LogP contribution in [0.15, 0.2) is 16.4 Å². The second-order valence-electron chi connectivity index (χ2n) is 8.25. The molecule has 162 valence electrons. The van der Waals surface area contributed by atoms with Gasteiger partial charge in [0.25, 0.3) is 0 Å². The first kappa shape index (κ1) is 22.1. The first-order valence-corrected chi connectivity index (χ1v) is 12.1. The van der Waals surface area contributed by atoms with Gasteiger partial charge in [-0.1, -0.05) is 6.92 Å². The molecule has 0 radical (unpaired) electrons. The molecule has 1 aromatic heterocycles. The lowest BCUT2D eigenvalue weighted by Gasteiger charge is -2.29. The van der Waals surface area contributed by atoms with E-state index >= 15 is 0 Å². The maximum Gasteiger partial charge on any atom is 0.224 e. The molecule has 1 aromatic rings. The number of hydrogen-bond donors (Lipinski definition) is 2. The highest BCUT2D eigenvalue weighted by Crippen LogP contribution is 2.24. The summed E-state index contributed by atoms with van der Waals surface area (Å²) in [6.45, 7) is 11.9. The minimum atomic E-state index is 0.226. The Labute approximate surface area is 179 Å². The van der Waals surface area contributed by atoms with E-state index in [1.54, 1.807) is 0 Å². The SMILES string of the molecule is CCNC(=NCCCN1CCC(C)CC1)NCCC(=O)N1CCc2sccc2C1. The number of rotatable bonds is 8. The van der Waals surface area contributed by atoms with Crippen LogP contribution in [-0.4, -0.2) is 67.5 Å². The van der Waals surface area contributed by atoms with Gasteiger partial charge >= 0.3 is 0 Å². The number of aliphatic imine (C=N–C) groups is 1. The fourth-order valence-electron chi connectivity index (χ4n) is 4.02. The molecule has 2 aliphatic rings. The number of likely N-dealkylation sites (tertiary alicyclic amines) is 1. The summed E-state index contributed by atoms with van der Waals surface area (Å²) in [5.74, 6) is 1.93. The molecule has 0 saturated carbocycles. The van der Waals surface area contributed by atoms with Crippen molar-refractivity contribution in [3.05, 3.63) is 21.9 Å². The Balaban J connectivity index is 1.34. The molecule has 7 heteroatoms. The van der Waals surface area contributed by atoms with Gasteiger partial charge in [0.1, 0.15) is 0 Å². The van der Waals surface area contributed by atoms with Crippen LogP contribution in [0.3, 0.4) is 0 Å². The molecule has 0 spiro atoms. The average molecular weight is 420 g/mol. The minimum Gasteiger partial charge on any atom is -0.357 e. The topological polar surface area (TPSA) is 60.0 Å². The van der Waals surface area contributed by atoms with Crippen molar-refractivity contribution in [1.29, 1.82) is 0 Å². The molecule has 3 heterocycles. The summed E-state index contributed by atoms with van der Waals surface area (Å²) in [4.78, 5) is 23.2. The molecule has 2 N–H and O–H groups in total. The number of amides is 1. The van der Waals surface area contributed by atoms with Gasteiger partial charge < -0.3 is 20.4 Å². The zero-order chi connectivity index (χ0) is 20.5. The maximum atomic E-state index is 12.6. The third-order valence-corrected chi connectivity index (χ3v) is 6.94. The quantitative estimate of drug-likeness (QED) is 0.386. The molecule has 0 aromatic carbocycles. The number of carbonyl (C=O) groups is 1. The Morgan fingerprint density at radius 1 is 1.28 bits per heavy atom. The Morgan fingerprint density at radius 3 is 2.90 bits per heavy atom. The summed E-state index contributed by atoms with van der Waals surface area (Å²) in [6, 6.07) is 2.15. The second-order valence-corrected chi connectivity index (χ2v) is 9.25. The lowest BCUT2D eigenvalue weighted by Crippen LogP contribution is -2.41. The van der Waals surface area contributed by atoms with Gasteiger partial charge in [-0.3, -0.25) is 9.79 Å². The van der Waals surface area contributed by atoms with E-state index in [0.717, 1.165) is 57.4 Å². The van der Waals surface area contributed by atoms with Crippen LogP contribution in [0, 0.1) is 5.92 Å². The van der Waals surface area contributed by atoms with Crippen LogP contribution >= 0.6 is 11.3 Å². The molecule has 1 amide bonds. The van der Waals surface area contributed by atoms with Gasteiger partial charge in [-0.05, 0) is 75.2 Å². The third-order valence-electron chi connectivity index (χ3n) is 5.91. The third kappa shape index (κ3) is 7.00. The largest absolute Gasteiger partial charge is 0.357 e. The number of nitrogens with zero attached hydrogens (tertiary/aromatic N) is 3. The van der Waals surface area contributed by atoms with E-state index in [1.807, 2.05) is 16.2 Å². The van der Waals surface area contributed by atoms with Crippen molar-refractivity contribution in [2.75, 3.05) is 45.8 Å². The number of piperidine rings is 1. The van der Waals surface area contributed by atoms with Crippen LogP contribution in [0.5, 0.6) is 0 Å². The summed E-state index contributed by atoms with van der Waals surface area (Å²) in [7, 11) is 0.